The zero-order valence-corrected chi connectivity index (χ0v) is 18.8. The third-order valence-electron chi connectivity index (χ3n) is 5.19. The summed E-state index contributed by atoms with van der Waals surface area (Å²) in [6.45, 7) is 4.51. The van der Waals surface area contributed by atoms with Gasteiger partial charge in [-0.3, -0.25) is 4.79 Å². The van der Waals surface area contributed by atoms with Crippen LogP contribution < -0.4 is 5.32 Å². The van der Waals surface area contributed by atoms with E-state index in [0.717, 1.165) is 22.5 Å². The van der Waals surface area contributed by atoms with E-state index in [1.54, 1.807) is 11.6 Å². The lowest BCUT2D eigenvalue weighted by Gasteiger charge is -2.12. The first-order chi connectivity index (χ1) is 15.5. The van der Waals surface area contributed by atoms with Crippen molar-refractivity contribution in [2.75, 3.05) is 13.7 Å². The number of nitrogens with zero attached hydrogens (tertiary/aromatic N) is 5. The van der Waals surface area contributed by atoms with Crippen molar-refractivity contribution in [1.82, 2.24) is 30.1 Å². The topological polar surface area (TPSA) is 107 Å². The monoisotopic (exact) mass is 454 g/mol. The zero-order valence-electron chi connectivity index (χ0n) is 18.1. The molecule has 0 saturated carbocycles. The molecule has 0 atom stereocenters. The molecule has 0 unspecified atom stereocenters. The first kappa shape index (κ1) is 21.9. The van der Waals surface area contributed by atoms with E-state index in [0.29, 0.717) is 47.3 Å². The fraction of sp³-hybridized carbons (Fsp3) is 0.318. The van der Waals surface area contributed by atoms with Crippen molar-refractivity contribution < 1.29 is 14.1 Å². The molecule has 1 N–H and O–H groups in total. The number of halogens is 1. The van der Waals surface area contributed by atoms with Crippen LogP contribution in [0.4, 0.5) is 0 Å². The Bertz CT molecular complexity index is 1270. The number of aryl methyl sites for hydroxylation is 2. The van der Waals surface area contributed by atoms with Crippen molar-refractivity contribution in [1.29, 1.82) is 0 Å². The zero-order chi connectivity index (χ0) is 22.7. The quantitative estimate of drug-likeness (QED) is 0.435. The summed E-state index contributed by atoms with van der Waals surface area (Å²) in [5, 5.41) is 11.8. The summed E-state index contributed by atoms with van der Waals surface area (Å²) in [6, 6.07) is 7.73. The predicted molar refractivity (Wildman–Crippen MR) is 118 cm³/mol. The van der Waals surface area contributed by atoms with Crippen LogP contribution >= 0.6 is 11.6 Å². The number of methoxy groups -OCH3 is 1. The SMILES string of the molecule is COCc1nc(CCNC(=O)c2cnn3c(C)c(Cc4ccccc4Cl)c(C)nc23)no1. The van der Waals surface area contributed by atoms with Gasteiger partial charge < -0.3 is 14.6 Å². The van der Waals surface area contributed by atoms with Gasteiger partial charge in [0.05, 0.1) is 6.20 Å². The van der Waals surface area contributed by atoms with Crippen molar-refractivity contribution in [3.63, 3.8) is 0 Å². The third-order valence-corrected chi connectivity index (χ3v) is 5.56. The first-order valence-corrected chi connectivity index (χ1v) is 10.5. The maximum atomic E-state index is 12.8. The molecule has 1 aromatic carbocycles. The molecule has 166 valence electrons. The van der Waals surface area contributed by atoms with Gasteiger partial charge in [0, 0.05) is 42.9 Å². The molecule has 0 aliphatic heterocycles. The molecule has 9 nitrogen and oxygen atoms in total. The van der Waals surface area contributed by atoms with Crippen LogP contribution in [0.5, 0.6) is 0 Å². The molecule has 0 aliphatic rings. The lowest BCUT2D eigenvalue weighted by atomic mass is 10.0. The Balaban J connectivity index is 1.50. The minimum Gasteiger partial charge on any atom is -0.375 e. The van der Waals surface area contributed by atoms with Gasteiger partial charge in [0.25, 0.3) is 11.8 Å². The number of fused-ring (bicyclic) bond motifs is 1. The number of amides is 1. The van der Waals surface area contributed by atoms with Gasteiger partial charge in [-0.1, -0.05) is 35.0 Å². The molecule has 3 aromatic heterocycles. The Hall–Kier alpha value is -3.30. The standard InChI is InChI=1S/C22H23ClN6O3/c1-13-16(10-15-6-4-5-7-18(15)23)14(2)29-21(26-13)17(11-25-29)22(30)24-9-8-19-27-20(12-31-3)32-28-19/h4-7,11H,8-10,12H2,1-3H3,(H,24,30). The van der Waals surface area contributed by atoms with Crippen molar-refractivity contribution in [2.24, 2.45) is 0 Å². The molecule has 0 fully saturated rings. The number of ether oxygens (including phenoxy) is 1. The van der Waals surface area contributed by atoms with Crippen molar-refractivity contribution >= 4 is 23.2 Å². The van der Waals surface area contributed by atoms with E-state index in [2.05, 4.69) is 25.5 Å². The number of benzene rings is 1. The van der Waals surface area contributed by atoms with Gasteiger partial charge >= 0.3 is 0 Å². The molecule has 0 radical (unpaired) electrons. The Labute approximate surface area is 189 Å². The number of hydrogen-bond donors (Lipinski definition) is 1. The summed E-state index contributed by atoms with van der Waals surface area (Å²) in [6.07, 6.45) is 2.61. The number of nitrogens with one attached hydrogen (secondary N) is 1. The first-order valence-electron chi connectivity index (χ1n) is 10.1. The highest BCUT2D eigenvalue weighted by molar-refractivity contribution is 6.31. The van der Waals surface area contributed by atoms with Gasteiger partial charge in [0.15, 0.2) is 11.5 Å². The van der Waals surface area contributed by atoms with Gasteiger partial charge in [-0.25, -0.2) is 9.50 Å². The lowest BCUT2D eigenvalue weighted by Crippen LogP contribution is -2.26. The van der Waals surface area contributed by atoms with Gasteiger partial charge in [-0.2, -0.15) is 10.1 Å². The fourth-order valence-corrected chi connectivity index (χ4v) is 3.72. The Kier molecular flexibility index (Phi) is 6.48. The van der Waals surface area contributed by atoms with Crippen molar-refractivity contribution in [2.45, 2.75) is 33.3 Å². The van der Waals surface area contributed by atoms with Crippen LogP contribution in [0, 0.1) is 13.8 Å². The predicted octanol–water partition coefficient (Wildman–Crippen LogP) is 3.09. The average Bonchev–Trinajstić information content (AvgIpc) is 3.39. The van der Waals surface area contributed by atoms with Gasteiger partial charge in [0.1, 0.15) is 12.2 Å². The Morgan fingerprint density at radius 3 is 2.84 bits per heavy atom. The second-order valence-corrected chi connectivity index (χ2v) is 7.77. The largest absolute Gasteiger partial charge is 0.375 e. The minimum atomic E-state index is -0.259. The van der Waals surface area contributed by atoms with Crippen LogP contribution in [0.15, 0.2) is 35.0 Å². The van der Waals surface area contributed by atoms with Gasteiger partial charge in [-0.05, 0) is 31.0 Å². The molecule has 0 aliphatic carbocycles. The molecule has 32 heavy (non-hydrogen) atoms. The van der Waals surface area contributed by atoms with Gasteiger partial charge in [-0.15, -0.1) is 0 Å². The molecule has 4 aromatic rings. The van der Waals surface area contributed by atoms with E-state index >= 15 is 0 Å². The second-order valence-electron chi connectivity index (χ2n) is 7.37. The van der Waals surface area contributed by atoms with E-state index in [1.807, 2.05) is 38.1 Å². The Morgan fingerprint density at radius 1 is 1.25 bits per heavy atom. The van der Waals surface area contributed by atoms with E-state index in [4.69, 9.17) is 20.9 Å². The normalized spacial score (nSPS) is 11.2. The molecular weight excluding hydrogens is 432 g/mol. The third kappa shape index (κ3) is 4.49. The van der Waals surface area contributed by atoms with E-state index in [1.165, 1.54) is 6.20 Å². The van der Waals surface area contributed by atoms with Crippen LogP contribution in [0.1, 0.15) is 44.6 Å². The average molecular weight is 455 g/mol. The Morgan fingerprint density at radius 2 is 2.06 bits per heavy atom. The molecular formula is C22H23ClN6O3. The van der Waals surface area contributed by atoms with Gasteiger partial charge in [0.2, 0.25) is 0 Å². The summed E-state index contributed by atoms with van der Waals surface area (Å²) in [5.74, 6) is 0.649. The van der Waals surface area contributed by atoms with Crippen LogP contribution in [-0.2, 0) is 24.2 Å². The highest BCUT2D eigenvalue weighted by Crippen LogP contribution is 2.24. The van der Waals surface area contributed by atoms with E-state index in [9.17, 15) is 4.79 Å². The van der Waals surface area contributed by atoms with Crippen molar-refractivity contribution in [3.05, 3.63) is 75.3 Å². The highest BCUT2D eigenvalue weighted by Gasteiger charge is 2.19. The van der Waals surface area contributed by atoms with Crippen LogP contribution in [0.3, 0.4) is 0 Å². The molecule has 0 saturated heterocycles. The molecule has 0 spiro atoms. The van der Waals surface area contributed by atoms with E-state index in [-0.39, 0.29) is 12.5 Å². The molecule has 4 rings (SSSR count). The smallest absolute Gasteiger partial charge is 0.256 e. The number of carbonyl (C=O) groups excluding carboxylic acids is 1. The number of hydrogen-bond acceptors (Lipinski definition) is 7. The van der Waals surface area contributed by atoms with Crippen molar-refractivity contribution in [3.8, 4) is 0 Å². The summed E-state index contributed by atoms with van der Waals surface area (Å²) < 4.78 is 11.7. The summed E-state index contributed by atoms with van der Waals surface area (Å²) in [5.41, 5.74) is 4.73. The number of aromatic nitrogens is 5. The van der Waals surface area contributed by atoms with Crippen LogP contribution in [-0.4, -0.2) is 44.3 Å². The molecule has 3 heterocycles. The molecule has 0 bridgehead atoms. The summed E-state index contributed by atoms with van der Waals surface area (Å²) in [4.78, 5) is 21.6. The fourth-order valence-electron chi connectivity index (χ4n) is 3.52. The summed E-state index contributed by atoms with van der Waals surface area (Å²) in [7, 11) is 1.55. The number of carbonyl (C=O) groups is 1. The lowest BCUT2D eigenvalue weighted by molar-refractivity contribution is 0.0955. The molecule has 1 amide bonds. The minimum absolute atomic E-state index is 0.255. The second kappa shape index (κ2) is 9.46. The highest BCUT2D eigenvalue weighted by atomic mass is 35.5. The van der Waals surface area contributed by atoms with Crippen LogP contribution in [0.25, 0.3) is 5.65 Å². The summed E-state index contributed by atoms with van der Waals surface area (Å²) >= 11 is 6.34. The number of rotatable bonds is 8. The maximum absolute atomic E-state index is 12.8. The molecule has 10 heteroatoms. The van der Waals surface area contributed by atoms with Crippen LogP contribution in [0.2, 0.25) is 5.02 Å². The maximum Gasteiger partial charge on any atom is 0.256 e. The van der Waals surface area contributed by atoms with E-state index < -0.39 is 0 Å².